The van der Waals surface area contributed by atoms with E-state index in [4.69, 9.17) is 14.5 Å². The molecule has 0 bridgehead atoms. The smallest absolute Gasteiger partial charge is 0.175 e. The average molecular weight is 473 g/mol. The molecule has 0 unspecified atom stereocenters. The molecular weight excluding hydrogens is 436 g/mol. The van der Waals surface area contributed by atoms with Crippen LogP contribution in [0.3, 0.4) is 0 Å². The van der Waals surface area contributed by atoms with Crippen LogP contribution in [-0.2, 0) is 19.5 Å². The molecule has 1 saturated heterocycles. The summed E-state index contributed by atoms with van der Waals surface area (Å²) in [5, 5.41) is 14.6. The van der Waals surface area contributed by atoms with Gasteiger partial charge in [0.15, 0.2) is 5.58 Å². The second-order valence-electron chi connectivity index (χ2n) is 10.6. The van der Waals surface area contributed by atoms with Crippen molar-refractivity contribution in [2.24, 2.45) is 11.8 Å². The quantitative estimate of drug-likeness (QED) is 0.394. The van der Waals surface area contributed by atoms with E-state index in [1.165, 1.54) is 31.2 Å². The fourth-order valence-corrected chi connectivity index (χ4v) is 5.08. The van der Waals surface area contributed by atoms with E-state index in [0.717, 1.165) is 91.0 Å². The van der Waals surface area contributed by atoms with Crippen LogP contribution in [0.2, 0.25) is 0 Å². The van der Waals surface area contributed by atoms with Gasteiger partial charge in [0.1, 0.15) is 5.75 Å². The van der Waals surface area contributed by atoms with E-state index in [0.29, 0.717) is 0 Å². The van der Waals surface area contributed by atoms with E-state index in [9.17, 15) is 0 Å². The van der Waals surface area contributed by atoms with Crippen molar-refractivity contribution in [1.82, 2.24) is 15.0 Å². The number of likely N-dealkylation sites (tertiary alicyclic amines) is 1. The Kier molecular flexibility index (Phi) is 7.36. The van der Waals surface area contributed by atoms with Gasteiger partial charge in [-0.2, -0.15) is 5.26 Å². The molecule has 2 heterocycles. The van der Waals surface area contributed by atoms with Crippen LogP contribution in [0, 0.1) is 23.2 Å². The molecule has 2 aromatic carbocycles. The largest absolute Gasteiger partial charge is 0.493 e. The van der Waals surface area contributed by atoms with Crippen molar-refractivity contribution >= 4 is 11.0 Å². The summed E-state index contributed by atoms with van der Waals surface area (Å²) in [7, 11) is 4.16. The first-order valence-electron chi connectivity index (χ1n) is 13.0. The van der Waals surface area contributed by atoms with Gasteiger partial charge in [-0.15, -0.1) is 0 Å². The molecule has 6 nitrogen and oxygen atoms in total. The maximum absolute atomic E-state index is 8.98. The van der Waals surface area contributed by atoms with E-state index in [1.807, 2.05) is 12.1 Å². The van der Waals surface area contributed by atoms with Crippen molar-refractivity contribution in [1.29, 1.82) is 5.26 Å². The fraction of sp³-hybridized carbons (Fsp3) is 0.517. The van der Waals surface area contributed by atoms with Crippen LogP contribution in [-0.4, -0.2) is 48.7 Å². The van der Waals surface area contributed by atoms with Gasteiger partial charge in [-0.25, -0.2) is 0 Å². The number of piperidine rings is 1. The molecule has 1 aromatic heterocycles. The van der Waals surface area contributed by atoms with Crippen molar-refractivity contribution in [2.75, 3.05) is 33.8 Å². The molecule has 6 heteroatoms. The normalized spacial score (nSPS) is 17.2. The number of benzene rings is 2. The average Bonchev–Trinajstić information content (AvgIpc) is 3.61. The molecule has 1 saturated carbocycles. The molecule has 0 amide bonds. The first-order valence-corrected chi connectivity index (χ1v) is 13.0. The fourth-order valence-electron chi connectivity index (χ4n) is 5.08. The van der Waals surface area contributed by atoms with Crippen molar-refractivity contribution in [3.8, 4) is 11.8 Å². The SMILES string of the molecule is CN(C)Cc1c(OCC2CC2)ccc2c(CCC3CCN(Cc4ccc(C#N)cc4)CC3)noc12. The molecule has 0 atom stereocenters. The monoisotopic (exact) mass is 472 g/mol. The summed E-state index contributed by atoms with van der Waals surface area (Å²) in [5.41, 5.74) is 5.09. The lowest BCUT2D eigenvalue weighted by molar-refractivity contribution is 0.172. The Labute approximate surface area is 208 Å². The molecule has 1 aliphatic heterocycles. The van der Waals surface area contributed by atoms with Crippen LogP contribution in [0.1, 0.15) is 54.5 Å². The van der Waals surface area contributed by atoms with Gasteiger partial charge in [0.25, 0.3) is 0 Å². The lowest BCUT2D eigenvalue weighted by Gasteiger charge is -2.32. The maximum atomic E-state index is 8.98. The highest BCUT2D eigenvalue weighted by molar-refractivity contribution is 5.84. The maximum Gasteiger partial charge on any atom is 0.175 e. The van der Waals surface area contributed by atoms with Crippen LogP contribution < -0.4 is 4.74 Å². The van der Waals surface area contributed by atoms with Gasteiger partial charge < -0.3 is 14.2 Å². The summed E-state index contributed by atoms with van der Waals surface area (Å²) in [4.78, 5) is 4.69. The van der Waals surface area contributed by atoms with Gasteiger partial charge in [-0.1, -0.05) is 17.3 Å². The number of aryl methyl sites for hydroxylation is 1. The van der Waals surface area contributed by atoms with Gasteiger partial charge in [-0.05, 0) is 107 Å². The van der Waals surface area contributed by atoms with Crippen LogP contribution in [0.4, 0.5) is 0 Å². The van der Waals surface area contributed by atoms with Crippen molar-refractivity contribution < 1.29 is 9.26 Å². The molecule has 184 valence electrons. The highest BCUT2D eigenvalue weighted by Gasteiger charge is 2.24. The van der Waals surface area contributed by atoms with Crippen molar-refractivity contribution in [2.45, 2.75) is 51.6 Å². The summed E-state index contributed by atoms with van der Waals surface area (Å²) in [6, 6.07) is 14.4. The molecule has 2 fully saturated rings. The number of fused-ring (bicyclic) bond motifs is 1. The summed E-state index contributed by atoms with van der Waals surface area (Å²) in [5.74, 6) is 2.38. The zero-order valence-electron chi connectivity index (χ0n) is 21.0. The summed E-state index contributed by atoms with van der Waals surface area (Å²) >= 11 is 0. The number of nitriles is 1. The molecule has 35 heavy (non-hydrogen) atoms. The molecule has 0 spiro atoms. The van der Waals surface area contributed by atoms with Crippen LogP contribution in [0.25, 0.3) is 11.0 Å². The van der Waals surface area contributed by atoms with E-state index in [-0.39, 0.29) is 0 Å². The van der Waals surface area contributed by atoms with Crippen LogP contribution in [0.15, 0.2) is 40.9 Å². The number of ether oxygens (including phenoxy) is 1. The number of aromatic nitrogens is 1. The standard InChI is InChI=1S/C29H36N4O2/c1-32(2)19-26-28(34-20-24-7-8-24)12-10-25-27(31-35-29(25)26)11-9-21-13-15-33(16-14-21)18-23-5-3-22(17-30)4-6-23/h3-6,10,12,21,24H,7-9,11,13-16,18-20H2,1-2H3. The Hall–Kier alpha value is -2.88. The number of rotatable bonds is 10. The lowest BCUT2D eigenvalue weighted by atomic mass is 9.91. The third kappa shape index (κ3) is 6.04. The minimum absolute atomic E-state index is 0.721. The number of hydrogen-bond acceptors (Lipinski definition) is 6. The van der Waals surface area contributed by atoms with E-state index < -0.39 is 0 Å². The molecule has 0 radical (unpaired) electrons. The van der Waals surface area contributed by atoms with Gasteiger partial charge in [0.05, 0.1) is 29.5 Å². The molecule has 3 aromatic rings. The molecular formula is C29H36N4O2. The third-order valence-corrected chi connectivity index (χ3v) is 7.41. The predicted molar refractivity (Wildman–Crippen MR) is 137 cm³/mol. The molecule has 2 aliphatic rings. The third-order valence-electron chi connectivity index (χ3n) is 7.41. The molecule has 5 rings (SSSR count). The van der Waals surface area contributed by atoms with E-state index in [1.54, 1.807) is 0 Å². The summed E-state index contributed by atoms with van der Waals surface area (Å²) in [6.07, 6.45) is 7.11. The second-order valence-corrected chi connectivity index (χ2v) is 10.6. The Morgan fingerprint density at radius 3 is 2.51 bits per heavy atom. The summed E-state index contributed by atoms with van der Waals surface area (Å²) in [6.45, 7) is 4.80. The molecule has 0 N–H and O–H groups in total. The van der Waals surface area contributed by atoms with E-state index in [2.05, 4.69) is 59.4 Å². The van der Waals surface area contributed by atoms with Crippen molar-refractivity contribution in [3.05, 3.63) is 58.8 Å². The minimum Gasteiger partial charge on any atom is -0.493 e. The minimum atomic E-state index is 0.721. The zero-order valence-corrected chi connectivity index (χ0v) is 21.0. The molecule has 1 aliphatic carbocycles. The van der Waals surface area contributed by atoms with Gasteiger partial charge in [0.2, 0.25) is 0 Å². The van der Waals surface area contributed by atoms with Gasteiger partial charge >= 0.3 is 0 Å². The number of nitrogens with zero attached hydrogens (tertiary/aromatic N) is 4. The topological polar surface area (TPSA) is 65.5 Å². The predicted octanol–water partition coefficient (Wildman–Crippen LogP) is 5.39. The lowest BCUT2D eigenvalue weighted by Crippen LogP contribution is -2.33. The Morgan fingerprint density at radius 2 is 1.83 bits per heavy atom. The van der Waals surface area contributed by atoms with Gasteiger partial charge in [-0.3, -0.25) is 4.90 Å². The number of hydrogen-bond donors (Lipinski definition) is 0. The van der Waals surface area contributed by atoms with E-state index >= 15 is 0 Å². The van der Waals surface area contributed by atoms with Crippen molar-refractivity contribution in [3.63, 3.8) is 0 Å². The highest BCUT2D eigenvalue weighted by atomic mass is 16.5. The van der Waals surface area contributed by atoms with Gasteiger partial charge in [0, 0.05) is 18.5 Å². The Morgan fingerprint density at radius 1 is 1.06 bits per heavy atom. The zero-order chi connectivity index (χ0) is 24.2. The Bertz CT molecular complexity index is 1170. The first-order chi connectivity index (χ1) is 17.1. The van der Waals surface area contributed by atoms with Crippen LogP contribution >= 0.6 is 0 Å². The Balaban J connectivity index is 1.17. The first kappa shape index (κ1) is 23.8. The summed E-state index contributed by atoms with van der Waals surface area (Å²) < 4.78 is 12.1. The van der Waals surface area contributed by atoms with Crippen LogP contribution in [0.5, 0.6) is 5.75 Å². The second kappa shape index (κ2) is 10.8. The highest BCUT2D eigenvalue weighted by Crippen LogP contribution is 2.35.